The summed E-state index contributed by atoms with van der Waals surface area (Å²) in [5.74, 6) is -0.851. The summed E-state index contributed by atoms with van der Waals surface area (Å²) >= 11 is 3.29. The minimum atomic E-state index is -0.336. The third-order valence-electron chi connectivity index (χ3n) is 3.14. The van der Waals surface area contributed by atoms with E-state index in [9.17, 15) is 14.0 Å². The average Bonchev–Trinajstić information content (AvgIpc) is 2.55. The molecule has 0 heterocycles. The first-order valence-corrected chi connectivity index (χ1v) is 7.84. The Morgan fingerprint density at radius 2 is 1.65 bits per heavy atom. The third-order valence-corrected chi connectivity index (χ3v) is 3.67. The molecular weight excluding hydrogens is 361 g/mol. The van der Waals surface area contributed by atoms with Crippen LogP contribution in [0.15, 0.2) is 65.2 Å². The van der Waals surface area contributed by atoms with Gasteiger partial charge in [0.05, 0.1) is 0 Å². The Balaban J connectivity index is 1.78. The smallest absolute Gasteiger partial charge is 0.244 e. The quantitative estimate of drug-likeness (QED) is 0.618. The van der Waals surface area contributed by atoms with Crippen molar-refractivity contribution < 1.29 is 14.0 Å². The number of nitrogens with one attached hydrogen (secondary N) is 1. The van der Waals surface area contributed by atoms with E-state index in [0.29, 0.717) is 18.5 Å². The fraction of sp³-hybridized carbons (Fsp3) is 0.111. The standard InChI is InChI=1S/C18H15BrFNO2/c19-15-5-3-14(4-6-15)17(22)9-10-18(23)21-12-11-13-1-7-16(20)8-2-13/h1-10H,11-12H2,(H,21,23)/b10-9+. The van der Waals surface area contributed by atoms with Crippen LogP contribution in [0.3, 0.4) is 0 Å². The summed E-state index contributed by atoms with van der Waals surface area (Å²) in [7, 11) is 0. The maximum Gasteiger partial charge on any atom is 0.244 e. The van der Waals surface area contributed by atoms with E-state index >= 15 is 0 Å². The fourth-order valence-corrected chi connectivity index (χ4v) is 2.17. The van der Waals surface area contributed by atoms with E-state index in [1.165, 1.54) is 24.3 Å². The molecule has 23 heavy (non-hydrogen) atoms. The van der Waals surface area contributed by atoms with Gasteiger partial charge in [-0.15, -0.1) is 0 Å². The Labute approximate surface area is 142 Å². The zero-order valence-electron chi connectivity index (χ0n) is 12.3. The number of hydrogen-bond acceptors (Lipinski definition) is 2. The molecule has 2 rings (SSSR count). The largest absolute Gasteiger partial charge is 0.352 e. The molecule has 0 radical (unpaired) electrons. The Bertz CT molecular complexity index is 709. The lowest BCUT2D eigenvalue weighted by Gasteiger charge is -2.02. The molecule has 1 N–H and O–H groups in total. The fourth-order valence-electron chi connectivity index (χ4n) is 1.90. The van der Waals surface area contributed by atoms with Gasteiger partial charge in [-0.1, -0.05) is 28.1 Å². The molecule has 2 aromatic carbocycles. The van der Waals surface area contributed by atoms with Crippen LogP contribution in [0.5, 0.6) is 0 Å². The highest BCUT2D eigenvalue weighted by atomic mass is 79.9. The molecular formula is C18H15BrFNO2. The summed E-state index contributed by atoms with van der Waals surface area (Å²) < 4.78 is 13.6. The normalized spacial score (nSPS) is 10.7. The lowest BCUT2D eigenvalue weighted by molar-refractivity contribution is -0.116. The number of carbonyl (C=O) groups excluding carboxylic acids is 2. The van der Waals surface area contributed by atoms with E-state index in [0.717, 1.165) is 10.0 Å². The van der Waals surface area contributed by atoms with Crippen molar-refractivity contribution in [3.63, 3.8) is 0 Å². The summed E-state index contributed by atoms with van der Waals surface area (Å²) in [4.78, 5) is 23.5. The number of hydrogen-bond donors (Lipinski definition) is 1. The van der Waals surface area contributed by atoms with Gasteiger partial charge in [0.2, 0.25) is 5.91 Å². The van der Waals surface area contributed by atoms with Crippen LogP contribution in [0.2, 0.25) is 0 Å². The molecule has 3 nitrogen and oxygen atoms in total. The zero-order chi connectivity index (χ0) is 16.7. The highest BCUT2D eigenvalue weighted by molar-refractivity contribution is 9.10. The predicted octanol–water partition coefficient (Wildman–Crippen LogP) is 3.69. The number of amides is 1. The second-order valence-corrected chi connectivity index (χ2v) is 5.79. The van der Waals surface area contributed by atoms with Crippen LogP contribution in [0.1, 0.15) is 15.9 Å². The van der Waals surface area contributed by atoms with Crippen molar-refractivity contribution in [1.29, 1.82) is 0 Å². The highest BCUT2D eigenvalue weighted by Gasteiger charge is 2.03. The molecule has 1 amide bonds. The van der Waals surface area contributed by atoms with Crippen LogP contribution in [-0.4, -0.2) is 18.2 Å². The van der Waals surface area contributed by atoms with E-state index in [4.69, 9.17) is 0 Å². The Hall–Kier alpha value is -2.27. The van der Waals surface area contributed by atoms with Crippen molar-refractivity contribution in [2.75, 3.05) is 6.54 Å². The first kappa shape index (κ1) is 17.1. The van der Waals surface area contributed by atoms with E-state index < -0.39 is 0 Å². The minimum Gasteiger partial charge on any atom is -0.352 e. The van der Waals surface area contributed by atoms with E-state index in [1.807, 2.05) is 0 Å². The zero-order valence-corrected chi connectivity index (χ0v) is 13.8. The van der Waals surface area contributed by atoms with Gasteiger partial charge >= 0.3 is 0 Å². The number of halogens is 2. The SMILES string of the molecule is O=C(/C=C/C(=O)c1ccc(Br)cc1)NCCc1ccc(F)cc1. The number of allylic oxidation sites excluding steroid dienone is 1. The van der Waals surface area contributed by atoms with Gasteiger partial charge in [0.15, 0.2) is 5.78 Å². The van der Waals surface area contributed by atoms with Gasteiger partial charge in [-0.05, 0) is 54.5 Å². The highest BCUT2D eigenvalue weighted by Crippen LogP contribution is 2.11. The summed E-state index contributed by atoms with van der Waals surface area (Å²) in [6, 6.07) is 13.0. The Morgan fingerprint density at radius 1 is 1.00 bits per heavy atom. The van der Waals surface area contributed by atoms with Crippen LogP contribution in [0.4, 0.5) is 4.39 Å². The molecule has 0 spiro atoms. The van der Waals surface area contributed by atoms with Gasteiger partial charge in [0.25, 0.3) is 0 Å². The second-order valence-electron chi connectivity index (χ2n) is 4.87. The molecule has 0 bridgehead atoms. The van der Waals surface area contributed by atoms with Crippen LogP contribution in [0.25, 0.3) is 0 Å². The molecule has 5 heteroatoms. The van der Waals surface area contributed by atoms with Crippen LogP contribution in [0, 0.1) is 5.82 Å². The van der Waals surface area contributed by atoms with Gasteiger partial charge in [-0.3, -0.25) is 9.59 Å². The first-order valence-electron chi connectivity index (χ1n) is 7.05. The second kappa shape index (κ2) is 8.39. The molecule has 0 aromatic heterocycles. The summed E-state index contributed by atoms with van der Waals surface area (Å²) in [6.07, 6.45) is 3.06. The average molecular weight is 376 g/mol. The van der Waals surface area contributed by atoms with E-state index in [-0.39, 0.29) is 17.5 Å². The van der Waals surface area contributed by atoms with Crippen molar-refractivity contribution in [2.45, 2.75) is 6.42 Å². The van der Waals surface area contributed by atoms with Crippen LogP contribution >= 0.6 is 15.9 Å². The predicted molar refractivity (Wildman–Crippen MR) is 90.7 cm³/mol. The molecule has 0 aliphatic carbocycles. The molecule has 0 saturated carbocycles. The lowest BCUT2D eigenvalue weighted by atomic mass is 10.1. The molecule has 0 atom stereocenters. The number of benzene rings is 2. The topological polar surface area (TPSA) is 46.2 Å². The maximum absolute atomic E-state index is 12.8. The van der Waals surface area contributed by atoms with Crippen molar-refractivity contribution >= 4 is 27.6 Å². The molecule has 0 saturated heterocycles. The molecule has 2 aromatic rings. The van der Waals surface area contributed by atoms with Gasteiger partial charge < -0.3 is 5.32 Å². The lowest BCUT2D eigenvalue weighted by Crippen LogP contribution is -2.23. The van der Waals surface area contributed by atoms with Gasteiger partial charge in [0, 0.05) is 22.7 Å². The Kier molecular flexibility index (Phi) is 6.23. The number of ketones is 1. The number of carbonyl (C=O) groups is 2. The molecule has 0 unspecified atom stereocenters. The van der Waals surface area contributed by atoms with Gasteiger partial charge in [-0.25, -0.2) is 4.39 Å². The first-order chi connectivity index (χ1) is 11.0. The van der Waals surface area contributed by atoms with Gasteiger partial charge in [0.1, 0.15) is 5.82 Å². The minimum absolute atomic E-state index is 0.230. The van der Waals surface area contributed by atoms with Crippen LogP contribution in [-0.2, 0) is 11.2 Å². The molecule has 118 valence electrons. The maximum atomic E-state index is 12.8. The third kappa shape index (κ3) is 5.79. The van der Waals surface area contributed by atoms with Crippen molar-refractivity contribution in [2.24, 2.45) is 0 Å². The summed E-state index contributed by atoms with van der Waals surface area (Å²) in [6.45, 7) is 0.418. The summed E-state index contributed by atoms with van der Waals surface area (Å²) in [5, 5.41) is 2.68. The molecule has 0 fully saturated rings. The molecule has 0 aliphatic rings. The van der Waals surface area contributed by atoms with E-state index in [1.54, 1.807) is 36.4 Å². The number of rotatable bonds is 6. The van der Waals surface area contributed by atoms with Crippen molar-refractivity contribution in [3.05, 3.63) is 82.1 Å². The Morgan fingerprint density at radius 3 is 2.30 bits per heavy atom. The van der Waals surface area contributed by atoms with Crippen LogP contribution < -0.4 is 5.32 Å². The monoisotopic (exact) mass is 375 g/mol. The van der Waals surface area contributed by atoms with Gasteiger partial charge in [-0.2, -0.15) is 0 Å². The van der Waals surface area contributed by atoms with E-state index in [2.05, 4.69) is 21.2 Å². The van der Waals surface area contributed by atoms with Crippen molar-refractivity contribution in [3.8, 4) is 0 Å². The summed E-state index contributed by atoms with van der Waals surface area (Å²) in [5.41, 5.74) is 1.45. The molecule has 0 aliphatic heterocycles. The van der Waals surface area contributed by atoms with Crippen molar-refractivity contribution in [1.82, 2.24) is 5.32 Å².